The Morgan fingerprint density at radius 1 is 1.04 bits per heavy atom. The second kappa shape index (κ2) is 6.93. The molecule has 0 aliphatic heterocycles. The number of aromatic nitrogens is 3. The number of anilines is 4. The van der Waals surface area contributed by atoms with E-state index < -0.39 is 0 Å². The highest BCUT2D eigenvalue weighted by molar-refractivity contribution is 6.31. The first kappa shape index (κ1) is 15.1. The molecule has 0 saturated carbocycles. The summed E-state index contributed by atoms with van der Waals surface area (Å²) in [6, 6.07) is 15.0. The number of benzene rings is 2. The monoisotopic (exact) mass is 327 g/mol. The van der Waals surface area contributed by atoms with Gasteiger partial charge in [-0.15, -0.1) is 5.10 Å². The van der Waals surface area contributed by atoms with E-state index >= 15 is 0 Å². The lowest BCUT2D eigenvalue weighted by molar-refractivity contribution is 0.417. The van der Waals surface area contributed by atoms with Crippen molar-refractivity contribution in [1.29, 1.82) is 0 Å². The van der Waals surface area contributed by atoms with Gasteiger partial charge in [-0.1, -0.05) is 29.8 Å². The maximum Gasteiger partial charge on any atom is 0.249 e. The first-order valence-electron chi connectivity index (χ1n) is 6.87. The molecule has 7 heteroatoms. The number of rotatable bonds is 5. The number of halogens is 1. The predicted molar refractivity (Wildman–Crippen MR) is 90.8 cm³/mol. The molecule has 3 aromatic rings. The van der Waals surface area contributed by atoms with E-state index in [9.17, 15) is 0 Å². The Labute approximate surface area is 138 Å². The Morgan fingerprint density at radius 2 is 1.87 bits per heavy atom. The predicted octanol–water partition coefficient (Wildman–Crippen LogP) is 4.02. The van der Waals surface area contributed by atoms with Crippen molar-refractivity contribution >= 4 is 34.7 Å². The molecule has 0 saturated heterocycles. The number of nitrogens with zero attached hydrogens (tertiary/aromatic N) is 3. The first-order chi connectivity index (χ1) is 11.2. The summed E-state index contributed by atoms with van der Waals surface area (Å²) in [6.45, 7) is 0. The van der Waals surface area contributed by atoms with Crippen LogP contribution in [0.25, 0.3) is 0 Å². The SMILES string of the molecule is COc1ccc(Cl)cc1Nc1nncc(Nc2ccccc2)n1. The zero-order valence-electron chi connectivity index (χ0n) is 12.3. The molecule has 0 amide bonds. The van der Waals surface area contributed by atoms with Gasteiger partial charge in [0, 0.05) is 10.7 Å². The highest BCUT2D eigenvalue weighted by atomic mass is 35.5. The van der Waals surface area contributed by atoms with Crippen LogP contribution in [0, 0.1) is 0 Å². The fourth-order valence-electron chi connectivity index (χ4n) is 1.98. The van der Waals surface area contributed by atoms with Crippen LogP contribution in [0.15, 0.2) is 54.7 Å². The van der Waals surface area contributed by atoms with Crippen molar-refractivity contribution in [1.82, 2.24) is 15.2 Å². The van der Waals surface area contributed by atoms with Crippen molar-refractivity contribution in [3.8, 4) is 5.75 Å². The average Bonchev–Trinajstić information content (AvgIpc) is 2.56. The Kier molecular flexibility index (Phi) is 4.54. The van der Waals surface area contributed by atoms with Crippen LogP contribution in [-0.4, -0.2) is 22.3 Å². The van der Waals surface area contributed by atoms with Crippen LogP contribution < -0.4 is 15.4 Å². The molecule has 2 aromatic carbocycles. The Balaban J connectivity index is 1.82. The lowest BCUT2D eigenvalue weighted by atomic mass is 10.3. The van der Waals surface area contributed by atoms with Crippen molar-refractivity contribution in [2.45, 2.75) is 0 Å². The third kappa shape index (κ3) is 3.87. The maximum atomic E-state index is 6.01. The first-order valence-corrected chi connectivity index (χ1v) is 7.25. The smallest absolute Gasteiger partial charge is 0.249 e. The van der Waals surface area contributed by atoms with E-state index in [2.05, 4.69) is 25.8 Å². The van der Waals surface area contributed by atoms with Gasteiger partial charge in [0.25, 0.3) is 0 Å². The molecule has 2 N–H and O–H groups in total. The van der Waals surface area contributed by atoms with Crippen molar-refractivity contribution < 1.29 is 4.74 Å². The van der Waals surface area contributed by atoms with Crippen LogP contribution in [0.1, 0.15) is 0 Å². The molecule has 0 unspecified atom stereocenters. The molecular weight excluding hydrogens is 314 g/mol. The van der Waals surface area contributed by atoms with Crippen LogP contribution >= 0.6 is 11.6 Å². The van der Waals surface area contributed by atoms with Gasteiger partial charge in [-0.3, -0.25) is 0 Å². The van der Waals surface area contributed by atoms with E-state index in [1.165, 1.54) is 0 Å². The standard InChI is InChI=1S/C16H14ClN5O/c1-23-14-8-7-11(17)9-13(14)20-16-21-15(10-18-22-16)19-12-5-3-2-4-6-12/h2-10H,1H3,(H2,19,20,21,22). The highest BCUT2D eigenvalue weighted by Crippen LogP contribution is 2.29. The molecule has 0 fully saturated rings. The van der Waals surface area contributed by atoms with Gasteiger partial charge in [-0.2, -0.15) is 10.1 Å². The molecule has 0 bridgehead atoms. The van der Waals surface area contributed by atoms with Crippen LogP contribution in [0.4, 0.5) is 23.1 Å². The van der Waals surface area contributed by atoms with E-state index in [0.29, 0.717) is 28.2 Å². The molecular formula is C16H14ClN5O. The van der Waals surface area contributed by atoms with Crippen LogP contribution in [-0.2, 0) is 0 Å². The molecule has 0 aliphatic carbocycles. The third-order valence-corrected chi connectivity index (χ3v) is 3.25. The number of methoxy groups -OCH3 is 1. The average molecular weight is 328 g/mol. The summed E-state index contributed by atoms with van der Waals surface area (Å²) < 4.78 is 5.29. The van der Waals surface area contributed by atoms with Crippen molar-refractivity contribution in [3.63, 3.8) is 0 Å². The zero-order chi connectivity index (χ0) is 16.1. The fourth-order valence-corrected chi connectivity index (χ4v) is 2.16. The van der Waals surface area contributed by atoms with Crippen molar-refractivity contribution in [2.75, 3.05) is 17.7 Å². The second-order valence-electron chi connectivity index (χ2n) is 4.63. The van der Waals surface area contributed by atoms with Gasteiger partial charge in [0.2, 0.25) is 5.95 Å². The number of hydrogen-bond donors (Lipinski definition) is 2. The molecule has 0 aliphatic rings. The molecule has 0 radical (unpaired) electrons. The summed E-state index contributed by atoms with van der Waals surface area (Å²) in [5.74, 6) is 1.56. The summed E-state index contributed by atoms with van der Waals surface area (Å²) in [7, 11) is 1.58. The van der Waals surface area contributed by atoms with Crippen molar-refractivity contribution in [3.05, 3.63) is 59.8 Å². The van der Waals surface area contributed by atoms with Crippen LogP contribution in [0.5, 0.6) is 5.75 Å². The number of ether oxygens (including phenoxy) is 1. The minimum absolute atomic E-state index is 0.339. The van der Waals surface area contributed by atoms with Gasteiger partial charge in [0.05, 0.1) is 19.0 Å². The quantitative estimate of drug-likeness (QED) is 0.737. The van der Waals surface area contributed by atoms with Gasteiger partial charge in [0.1, 0.15) is 5.75 Å². The highest BCUT2D eigenvalue weighted by Gasteiger charge is 2.07. The molecule has 116 valence electrons. The van der Waals surface area contributed by atoms with Gasteiger partial charge in [0.15, 0.2) is 5.82 Å². The normalized spacial score (nSPS) is 10.2. The molecule has 0 spiro atoms. The lowest BCUT2D eigenvalue weighted by Gasteiger charge is -2.11. The number of para-hydroxylation sites is 1. The Morgan fingerprint density at radius 3 is 2.65 bits per heavy atom. The largest absolute Gasteiger partial charge is 0.495 e. The summed E-state index contributed by atoms with van der Waals surface area (Å²) in [6.07, 6.45) is 1.55. The zero-order valence-corrected chi connectivity index (χ0v) is 13.1. The summed E-state index contributed by atoms with van der Waals surface area (Å²) in [5.41, 5.74) is 1.58. The van der Waals surface area contributed by atoms with E-state index in [1.807, 2.05) is 30.3 Å². The molecule has 23 heavy (non-hydrogen) atoms. The third-order valence-electron chi connectivity index (χ3n) is 3.01. The Hall–Kier alpha value is -2.86. The fraction of sp³-hybridized carbons (Fsp3) is 0.0625. The van der Waals surface area contributed by atoms with E-state index in [1.54, 1.807) is 31.5 Å². The summed E-state index contributed by atoms with van der Waals surface area (Å²) >= 11 is 6.01. The molecule has 3 rings (SSSR count). The minimum atomic E-state index is 0.339. The lowest BCUT2D eigenvalue weighted by Crippen LogP contribution is -2.03. The van der Waals surface area contributed by atoms with Crippen molar-refractivity contribution in [2.24, 2.45) is 0 Å². The van der Waals surface area contributed by atoms with Gasteiger partial charge < -0.3 is 15.4 Å². The summed E-state index contributed by atoms with van der Waals surface area (Å²) in [5, 5.41) is 14.7. The molecule has 0 atom stereocenters. The van der Waals surface area contributed by atoms with E-state index in [-0.39, 0.29) is 0 Å². The second-order valence-corrected chi connectivity index (χ2v) is 5.06. The van der Waals surface area contributed by atoms with Crippen LogP contribution in [0.2, 0.25) is 5.02 Å². The molecule has 1 aromatic heterocycles. The topological polar surface area (TPSA) is 72.0 Å². The summed E-state index contributed by atoms with van der Waals surface area (Å²) in [4.78, 5) is 4.37. The van der Waals surface area contributed by atoms with Gasteiger partial charge in [-0.25, -0.2) is 0 Å². The van der Waals surface area contributed by atoms with E-state index in [4.69, 9.17) is 16.3 Å². The maximum absolute atomic E-state index is 6.01. The number of nitrogens with one attached hydrogen (secondary N) is 2. The molecule has 6 nitrogen and oxygen atoms in total. The molecule has 1 heterocycles. The van der Waals surface area contributed by atoms with E-state index in [0.717, 1.165) is 5.69 Å². The minimum Gasteiger partial charge on any atom is -0.495 e. The van der Waals surface area contributed by atoms with Gasteiger partial charge in [-0.05, 0) is 30.3 Å². The van der Waals surface area contributed by atoms with Crippen LogP contribution in [0.3, 0.4) is 0 Å². The number of hydrogen-bond acceptors (Lipinski definition) is 6. The van der Waals surface area contributed by atoms with Gasteiger partial charge >= 0.3 is 0 Å². The Bertz CT molecular complexity index is 797.